The van der Waals surface area contributed by atoms with Crippen LogP contribution in [0.1, 0.15) is 36.3 Å². The van der Waals surface area contributed by atoms with Crippen molar-refractivity contribution in [3.8, 4) is 0 Å². The minimum Gasteiger partial charge on any atom is -0.469 e. The highest BCUT2D eigenvalue weighted by atomic mass is 32.1. The van der Waals surface area contributed by atoms with E-state index in [0.29, 0.717) is 24.5 Å². The van der Waals surface area contributed by atoms with E-state index in [4.69, 9.17) is 17.0 Å². The zero-order valence-corrected chi connectivity index (χ0v) is 15.2. The molecule has 1 N–H and O–H groups in total. The molecule has 7 heteroatoms. The third kappa shape index (κ3) is 3.66. The van der Waals surface area contributed by atoms with Gasteiger partial charge in [0.2, 0.25) is 0 Å². The topological polar surface area (TPSA) is 59.4 Å². The highest BCUT2D eigenvalue weighted by molar-refractivity contribution is 7.80. The molecule has 1 aliphatic rings. The maximum absolute atomic E-state index is 11.4. The average Bonchev–Trinajstić information content (AvgIpc) is 3.18. The molecule has 132 valence electrons. The Morgan fingerprint density at radius 2 is 2.20 bits per heavy atom. The van der Waals surface area contributed by atoms with Crippen LogP contribution in [-0.4, -0.2) is 39.2 Å². The monoisotopic (exact) mass is 358 g/mol. The van der Waals surface area contributed by atoms with Crippen molar-refractivity contribution >= 4 is 23.3 Å². The first kappa shape index (κ1) is 17.4. The van der Waals surface area contributed by atoms with Crippen LogP contribution >= 0.6 is 12.2 Å². The first-order valence-corrected chi connectivity index (χ1v) is 8.68. The average molecular weight is 358 g/mol. The van der Waals surface area contributed by atoms with E-state index in [1.54, 1.807) is 6.20 Å². The molecular formula is C18H22N4O2S. The third-order valence-electron chi connectivity index (χ3n) is 4.49. The molecule has 3 rings (SSSR count). The van der Waals surface area contributed by atoms with Gasteiger partial charge in [0.1, 0.15) is 0 Å². The largest absolute Gasteiger partial charge is 0.469 e. The molecule has 1 aliphatic heterocycles. The molecule has 0 unspecified atom stereocenters. The number of aromatic nitrogens is 2. The van der Waals surface area contributed by atoms with E-state index in [-0.39, 0.29) is 18.1 Å². The van der Waals surface area contributed by atoms with Crippen LogP contribution in [-0.2, 0) is 16.6 Å². The summed E-state index contributed by atoms with van der Waals surface area (Å²) in [6, 6.07) is 10.0. The minimum absolute atomic E-state index is 0.0274. The number of hydrogen-bond acceptors (Lipinski definition) is 4. The first-order chi connectivity index (χ1) is 12.1. The predicted octanol–water partition coefficient (Wildman–Crippen LogP) is 2.35. The summed E-state index contributed by atoms with van der Waals surface area (Å²) in [5.41, 5.74) is 2.10. The summed E-state index contributed by atoms with van der Waals surface area (Å²) in [6.07, 6.45) is 4.88. The van der Waals surface area contributed by atoms with Crippen molar-refractivity contribution in [1.29, 1.82) is 0 Å². The Bertz CT molecular complexity index is 747. The molecule has 0 aliphatic carbocycles. The number of aryl methyl sites for hydroxylation is 1. The maximum Gasteiger partial charge on any atom is 0.305 e. The Balaban J connectivity index is 1.86. The van der Waals surface area contributed by atoms with Gasteiger partial charge in [0, 0.05) is 38.1 Å². The van der Waals surface area contributed by atoms with Gasteiger partial charge in [-0.3, -0.25) is 9.78 Å². The van der Waals surface area contributed by atoms with E-state index in [0.717, 1.165) is 11.4 Å². The van der Waals surface area contributed by atoms with Crippen molar-refractivity contribution in [2.45, 2.75) is 24.9 Å². The van der Waals surface area contributed by atoms with Crippen LogP contribution in [0.5, 0.6) is 0 Å². The smallest absolute Gasteiger partial charge is 0.305 e. The molecule has 25 heavy (non-hydrogen) atoms. The lowest BCUT2D eigenvalue weighted by Gasteiger charge is -2.28. The van der Waals surface area contributed by atoms with Gasteiger partial charge in [-0.2, -0.15) is 0 Å². The van der Waals surface area contributed by atoms with Gasteiger partial charge in [-0.15, -0.1) is 0 Å². The number of ether oxygens (including phenoxy) is 1. The van der Waals surface area contributed by atoms with Crippen LogP contribution < -0.4 is 5.32 Å². The van der Waals surface area contributed by atoms with E-state index in [9.17, 15) is 4.79 Å². The molecule has 0 spiro atoms. The zero-order valence-electron chi connectivity index (χ0n) is 14.4. The lowest BCUT2D eigenvalue weighted by molar-refractivity contribution is -0.140. The Morgan fingerprint density at radius 1 is 1.36 bits per heavy atom. The van der Waals surface area contributed by atoms with Crippen LogP contribution in [0.3, 0.4) is 0 Å². The van der Waals surface area contributed by atoms with E-state index < -0.39 is 0 Å². The number of nitrogens with zero attached hydrogens (tertiary/aromatic N) is 3. The standard InChI is InChI=1S/C18H22N4O2S/c1-21-11-5-8-14(21)17-16(13-7-3-4-10-19-13)20-18(25)22(17)12-6-9-15(23)24-2/h3-5,7-8,10-11,16-17H,6,9,12H2,1-2H3,(H,20,25)/t16-,17-/m0/s1. The predicted molar refractivity (Wildman–Crippen MR) is 98.8 cm³/mol. The molecule has 2 aromatic heterocycles. The first-order valence-electron chi connectivity index (χ1n) is 8.28. The summed E-state index contributed by atoms with van der Waals surface area (Å²) in [4.78, 5) is 18.1. The van der Waals surface area contributed by atoms with E-state index >= 15 is 0 Å². The van der Waals surface area contributed by atoms with Crippen LogP contribution in [0.25, 0.3) is 0 Å². The van der Waals surface area contributed by atoms with Crippen molar-refractivity contribution in [1.82, 2.24) is 19.8 Å². The number of hydrogen-bond donors (Lipinski definition) is 1. The van der Waals surface area contributed by atoms with Crippen LogP contribution in [0.2, 0.25) is 0 Å². The minimum atomic E-state index is -0.199. The highest BCUT2D eigenvalue weighted by Gasteiger charge is 2.40. The molecule has 0 bridgehead atoms. The lowest BCUT2D eigenvalue weighted by Crippen LogP contribution is -2.31. The summed E-state index contributed by atoms with van der Waals surface area (Å²) in [6.45, 7) is 0.681. The fraction of sp³-hybridized carbons (Fsp3) is 0.389. The van der Waals surface area contributed by atoms with E-state index in [2.05, 4.69) is 25.8 Å². The van der Waals surface area contributed by atoms with Gasteiger partial charge in [0.25, 0.3) is 0 Å². The molecular weight excluding hydrogens is 336 g/mol. The molecule has 1 saturated heterocycles. The molecule has 2 atom stereocenters. The van der Waals surface area contributed by atoms with E-state index in [1.807, 2.05) is 37.5 Å². The second kappa shape index (κ2) is 7.65. The number of nitrogens with one attached hydrogen (secondary N) is 1. The third-order valence-corrected chi connectivity index (χ3v) is 4.84. The molecule has 2 aromatic rings. The fourth-order valence-electron chi connectivity index (χ4n) is 3.25. The zero-order chi connectivity index (χ0) is 17.8. The van der Waals surface area contributed by atoms with Gasteiger partial charge in [-0.1, -0.05) is 6.07 Å². The number of rotatable bonds is 6. The number of carbonyl (C=O) groups is 1. The van der Waals surface area contributed by atoms with Gasteiger partial charge in [-0.05, 0) is 42.9 Å². The van der Waals surface area contributed by atoms with Crippen molar-refractivity contribution in [2.24, 2.45) is 7.05 Å². The Hall–Kier alpha value is -2.41. The summed E-state index contributed by atoms with van der Waals surface area (Å²) in [5.74, 6) is -0.199. The quantitative estimate of drug-likeness (QED) is 0.632. The fourth-order valence-corrected chi connectivity index (χ4v) is 3.58. The number of methoxy groups -OCH3 is 1. The normalized spacial score (nSPS) is 19.8. The van der Waals surface area contributed by atoms with Crippen molar-refractivity contribution in [3.63, 3.8) is 0 Å². The van der Waals surface area contributed by atoms with Crippen LogP contribution in [0, 0.1) is 0 Å². The van der Waals surface area contributed by atoms with Gasteiger partial charge < -0.3 is 19.5 Å². The highest BCUT2D eigenvalue weighted by Crippen LogP contribution is 2.38. The number of carbonyl (C=O) groups excluding carboxylic acids is 1. The molecule has 6 nitrogen and oxygen atoms in total. The molecule has 1 fully saturated rings. The van der Waals surface area contributed by atoms with Gasteiger partial charge in [0.05, 0.1) is 24.9 Å². The molecule has 0 radical (unpaired) electrons. The lowest BCUT2D eigenvalue weighted by atomic mass is 10.0. The molecule has 3 heterocycles. The van der Waals surface area contributed by atoms with Crippen molar-refractivity contribution < 1.29 is 9.53 Å². The summed E-state index contributed by atoms with van der Waals surface area (Å²) >= 11 is 5.58. The van der Waals surface area contributed by atoms with Gasteiger partial charge in [-0.25, -0.2) is 0 Å². The van der Waals surface area contributed by atoms with Crippen LogP contribution in [0.4, 0.5) is 0 Å². The molecule has 0 aromatic carbocycles. The number of thiocarbonyl (C=S) groups is 1. The molecule has 0 saturated carbocycles. The summed E-state index contributed by atoms with van der Waals surface area (Å²) in [5, 5.41) is 4.09. The van der Waals surface area contributed by atoms with Crippen molar-refractivity contribution in [2.75, 3.05) is 13.7 Å². The SMILES string of the molecule is COC(=O)CCCN1C(=S)N[C@@H](c2ccccn2)[C@@H]1c1cccn1C. The van der Waals surface area contributed by atoms with Crippen LogP contribution in [0.15, 0.2) is 42.7 Å². The maximum atomic E-state index is 11.4. The van der Waals surface area contributed by atoms with Crippen molar-refractivity contribution in [3.05, 3.63) is 54.1 Å². The number of esters is 1. The Morgan fingerprint density at radius 3 is 2.84 bits per heavy atom. The summed E-state index contributed by atoms with van der Waals surface area (Å²) < 4.78 is 6.83. The second-order valence-electron chi connectivity index (χ2n) is 6.04. The van der Waals surface area contributed by atoms with Gasteiger partial charge >= 0.3 is 5.97 Å². The van der Waals surface area contributed by atoms with E-state index in [1.165, 1.54) is 7.11 Å². The summed E-state index contributed by atoms with van der Waals surface area (Å²) in [7, 11) is 3.44. The second-order valence-corrected chi connectivity index (χ2v) is 6.43. The molecule has 0 amide bonds. The number of pyridine rings is 1. The Labute approximate surface area is 152 Å². The Kier molecular flexibility index (Phi) is 5.33. The van der Waals surface area contributed by atoms with Gasteiger partial charge in [0.15, 0.2) is 5.11 Å².